The van der Waals surface area contributed by atoms with E-state index < -0.39 is 68.6 Å². The molecule has 21 nitrogen and oxygen atoms in total. The summed E-state index contributed by atoms with van der Waals surface area (Å²) in [5, 5.41) is 8.99. The van der Waals surface area contributed by atoms with Crippen molar-refractivity contribution in [2.24, 2.45) is 0 Å². The van der Waals surface area contributed by atoms with E-state index in [2.05, 4.69) is 41.2 Å². The Labute approximate surface area is 254 Å². The molecule has 3 aromatic heterocycles. The van der Waals surface area contributed by atoms with Gasteiger partial charge >= 0.3 is 13.4 Å². The summed E-state index contributed by atoms with van der Waals surface area (Å²) in [6.45, 7) is -9.14. The lowest BCUT2D eigenvalue weighted by atomic mass is 10.1. The van der Waals surface area contributed by atoms with Crippen LogP contribution >= 0.6 is 13.4 Å². The zero-order chi connectivity index (χ0) is 31.0. The standard InChI is InChI=1S/C18H23FN12O9P2S2/c19-8-11-7(38-17(8)30-13-9(26-28-30)12(20)22-4-23-13)3-36-41(33,43)39-6-1-5(2-35-42(34,44)40-11)37-16(6)31-14-10(27-29-31)15(32)25-18(21)24-14/h4-8,11,16-17,26,28H,1-3H2,(H,33,43)(H,34,44)(H2,20,22,23)(H3,21,24,25,32)/t5-,6+,7+,8-,11+,16+,17+,41?,42?/m0/s1. The molecule has 9 N–H and O–H groups in total. The van der Waals surface area contributed by atoms with Crippen molar-refractivity contribution in [3.8, 4) is 0 Å². The number of ether oxygens (including phenoxy) is 2. The highest BCUT2D eigenvalue weighted by atomic mass is 32.5. The Morgan fingerprint density at radius 3 is 2.66 bits per heavy atom. The van der Waals surface area contributed by atoms with Crippen LogP contribution in [0.15, 0.2) is 11.1 Å². The van der Waals surface area contributed by atoms with E-state index in [9.17, 15) is 14.6 Å². The number of nitrogens with zero attached hydrogens (tertiary/aromatic N) is 7. The fourth-order valence-electron chi connectivity index (χ4n) is 5.10. The van der Waals surface area contributed by atoms with Crippen LogP contribution in [0.1, 0.15) is 12.6 Å². The van der Waals surface area contributed by atoms with Crippen LogP contribution in [0.3, 0.4) is 0 Å². The molecule has 238 valence electrons. The van der Waals surface area contributed by atoms with E-state index in [1.807, 2.05) is 0 Å². The van der Waals surface area contributed by atoms with Crippen molar-refractivity contribution < 1.29 is 41.7 Å². The summed E-state index contributed by atoms with van der Waals surface area (Å²) in [6, 6.07) is 0. The minimum absolute atomic E-state index is 0.0253. The van der Waals surface area contributed by atoms with Gasteiger partial charge in [-0.05, 0) is 23.6 Å². The highest BCUT2D eigenvalue weighted by Crippen LogP contribution is 2.53. The Bertz CT molecular complexity index is 1770. The Hall–Kier alpha value is -2.57. The molecule has 3 saturated heterocycles. The summed E-state index contributed by atoms with van der Waals surface area (Å²) in [5.41, 5.74) is 16.5. The Balaban J connectivity index is 1.17. The molecule has 0 spiro atoms. The van der Waals surface area contributed by atoms with Crippen molar-refractivity contribution in [3.63, 3.8) is 0 Å². The van der Waals surface area contributed by atoms with Gasteiger partial charge in [0.1, 0.15) is 30.3 Å². The fraction of sp³-hybridized carbons (Fsp3) is 0.556. The minimum atomic E-state index is -4.14. The molecule has 0 saturated carbocycles. The first-order valence-electron chi connectivity index (χ1n) is 12.7. The Morgan fingerprint density at radius 2 is 1.84 bits per heavy atom. The molecule has 3 fully saturated rings. The molecule has 0 aliphatic carbocycles. The highest BCUT2D eigenvalue weighted by molar-refractivity contribution is 8.07. The summed E-state index contributed by atoms with van der Waals surface area (Å²) < 4.78 is 51.5. The van der Waals surface area contributed by atoms with E-state index in [1.165, 1.54) is 11.3 Å². The average Bonchev–Trinajstić information content (AvgIpc) is 3.72. The third-order valence-corrected chi connectivity index (χ3v) is 10.1. The van der Waals surface area contributed by atoms with Gasteiger partial charge in [-0.1, -0.05) is 5.21 Å². The molecule has 7 heterocycles. The number of nitrogens with one attached hydrogen (secondary N) is 3. The van der Waals surface area contributed by atoms with Crippen LogP contribution in [-0.4, -0.2) is 94.7 Å². The first kappa shape index (κ1) is 30.1. The van der Waals surface area contributed by atoms with E-state index in [1.54, 1.807) is 0 Å². The van der Waals surface area contributed by atoms with Gasteiger partial charge in [-0.3, -0.25) is 19.7 Å². The van der Waals surface area contributed by atoms with Gasteiger partial charge in [0.25, 0.3) is 5.56 Å². The summed E-state index contributed by atoms with van der Waals surface area (Å²) in [4.78, 5) is 48.6. The third-order valence-electron chi connectivity index (χ3n) is 7.00. The molecule has 0 amide bonds. The van der Waals surface area contributed by atoms with Crippen molar-refractivity contribution in [2.75, 3.05) is 35.1 Å². The van der Waals surface area contributed by atoms with Gasteiger partial charge in [-0.15, -0.1) is 10.6 Å². The van der Waals surface area contributed by atoms with Crippen LogP contribution in [0.2, 0.25) is 0 Å². The number of aromatic nitrogens is 7. The van der Waals surface area contributed by atoms with Crippen LogP contribution in [0, 0.1) is 0 Å². The monoisotopic (exact) mass is 696 g/mol. The topological polar surface area (TPSA) is 277 Å². The molecule has 4 aliphatic heterocycles. The lowest BCUT2D eigenvalue weighted by molar-refractivity contribution is -0.0604. The van der Waals surface area contributed by atoms with Crippen LogP contribution in [0.4, 0.5) is 27.7 Å². The molecule has 3 aromatic rings. The highest BCUT2D eigenvalue weighted by Gasteiger charge is 2.53. The van der Waals surface area contributed by atoms with Gasteiger partial charge in [-0.2, -0.15) is 9.67 Å². The fourth-order valence-corrected chi connectivity index (χ4v) is 8.00. The first-order chi connectivity index (χ1) is 20.9. The number of H-pyrrole nitrogens is 1. The number of aromatic amines is 1. The van der Waals surface area contributed by atoms with Crippen molar-refractivity contribution in [1.29, 1.82) is 0 Å². The zero-order valence-corrected chi connectivity index (χ0v) is 25.3. The maximum atomic E-state index is 16.0. The van der Waals surface area contributed by atoms with Crippen LogP contribution in [-0.2, 0) is 51.2 Å². The molecule has 2 bridgehead atoms. The number of hydrogen-bond acceptors (Lipinski definition) is 19. The van der Waals surface area contributed by atoms with Crippen LogP contribution in [0.5, 0.6) is 0 Å². The third kappa shape index (κ3) is 5.44. The number of rotatable bonds is 2. The van der Waals surface area contributed by atoms with Gasteiger partial charge < -0.3 is 44.3 Å². The van der Waals surface area contributed by atoms with Crippen molar-refractivity contribution in [3.05, 3.63) is 16.7 Å². The lowest BCUT2D eigenvalue weighted by Gasteiger charge is -2.27. The summed E-state index contributed by atoms with van der Waals surface area (Å²) in [6.07, 6.45) is -8.04. The van der Waals surface area contributed by atoms with E-state index >= 15 is 4.39 Å². The van der Waals surface area contributed by atoms with Gasteiger partial charge in [0.2, 0.25) is 5.95 Å². The molecule has 0 radical (unpaired) electrons. The second-order valence-corrected chi connectivity index (χ2v) is 15.4. The molecular weight excluding hydrogens is 673 g/mol. The largest absolute Gasteiger partial charge is 0.382 e. The smallest absolute Gasteiger partial charge is 0.325 e. The summed E-state index contributed by atoms with van der Waals surface area (Å²) >= 11 is 10.5. The molecule has 44 heavy (non-hydrogen) atoms. The maximum absolute atomic E-state index is 16.0. The number of fused-ring (bicyclic) bond motifs is 5. The molecule has 7 rings (SSSR count). The Kier molecular flexibility index (Phi) is 7.56. The van der Waals surface area contributed by atoms with E-state index in [0.717, 1.165) is 4.68 Å². The normalized spacial score (nSPS) is 37.5. The number of nitrogen functional groups attached to an aromatic ring is 2. The molecule has 2 unspecified atom stereocenters. The quantitative estimate of drug-likeness (QED) is 0.149. The number of anilines is 4. The second-order valence-electron chi connectivity index (χ2n) is 9.86. The van der Waals surface area contributed by atoms with E-state index in [0.29, 0.717) is 0 Å². The van der Waals surface area contributed by atoms with Crippen molar-refractivity contribution >= 4 is 71.5 Å². The summed E-state index contributed by atoms with van der Waals surface area (Å²) in [5.74, 6) is 0.0685. The van der Waals surface area contributed by atoms with Crippen molar-refractivity contribution in [2.45, 2.75) is 49.5 Å². The van der Waals surface area contributed by atoms with Gasteiger partial charge in [-0.25, -0.2) is 19.4 Å². The predicted octanol–water partition coefficient (Wildman–Crippen LogP) is -1.58. The predicted molar refractivity (Wildman–Crippen MR) is 153 cm³/mol. The van der Waals surface area contributed by atoms with E-state index in [-0.39, 0.29) is 47.5 Å². The molecule has 26 heteroatoms. The number of halogens is 1. The van der Waals surface area contributed by atoms with Gasteiger partial charge in [0.05, 0.1) is 19.3 Å². The average molecular weight is 697 g/mol. The number of nitrogens with two attached hydrogens (primary N) is 2. The minimum Gasteiger partial charge on any atom is -0.382 e. The zero-order valence-electron chi connectivity index (χ0n) is 21.9. The number of hydrogen-bond donors (Lipinski definition) is 7. The van der Waals surface area contributed by atoms with Gasteiger partial charge in [0, 0.05) is 6.42 Å². The lowest BCUT2D eigenvalue weighted by Crippen LogP contribution is -2.49. The first-order valence-corrected chi connectivity index (χ1v) is 17.9. The Morgan fingerprint density at radius 1 is 1.07 bits per heavy atom. The summed E-state index contributed by atoms with van der Waals surface area (Å²) in [7, 11) is 0. The van der Waals surface area contributed by atoms with Crippen LogP contribution < -0.4 is 33.0 Å². The van der Waals surface area contributed by atoms with Gasteiger partial charge in [0.15, 0.2) is 41.4 Å². The van der Waals surface area contributed by atoms with Crippen LogP contribution in [0.25, 0.3) is 11.2 Å². The number of hydrazine groups is 2. The molecular formula is C18H23FN12O9P2S2. The maximum Gasteiger partial charge on any atom is 0.325 e. The molecule has 4 aliphatic rings. The van der Waals surface area contributed by atoms with Crippen molar-refractivity contribution in [1.82, 2.24) is 40.5 Å². The SMILES string of the molecule is Nc1nc2c(nnn2[C@@H]2O[C@@H]3COP(O)(=S)O[C@H]4[C@H](F)[C@H](N5NNc6c(N)ncnc65)O[C@@H]4COP(O)(=S)O[C@@H]2C3)c(=O)[nH]1. The second kappa shape index (κ2) is 11.0. The molecule has 0 aromatic carbocycles. The number of alkyl halides is 1. The molecule has 9 atom stereocenters. The van der Waals surface area contributed by atoms with E-state index in [4.69, 9.17) is 62.6 Å².